The van der Waals surface area contributed by atoms with Crippen LogP contribution in [0.3, 0.4) is 0 Å². The smallest absolute Gasteiger partial charge is 0.0410 e. The lowest BCUT2D eigenvalue weighted by molar-refractivity contribution is 0.729. The zero-order chi connectivity index (χ0) is 8.27. The average molecular weight is 214 g/mol. The lowest BCUT2D eigenvalue weighted by atomic mass is 10.0. The highest BCUT2D eigenvalue weighted by Gasteiger charge is 2.02. The first-order valence-corrected chi connectivity index (χ1v) is 4.63. The summed E-state index contributed by atoms with van der Waals surface area (Å²) >= 11 is 3.40. The summed E-state index contributed by atoms with van der Waals surface area (Å²) in [4.78, 5) is 4.11. The molecule has 11 heavy (non-hydrogen) atoms. The van der Waals surface area contributed by atoms with E-state index < -0.39 is 0 Å². The Balaban J connectivity index is 2.86. The standard InChI is InChI=1S/C9H12BrN/c1-3-7(2)8-4-9(10)6-11-5-8/h4-7H,3H2,1-2H3. The second-order valence-corrected chi connectivity index (χ2v) is 3.66. The molecule has 0 aliphatic carbocycles. The van der Waals surface area contributed by atoms with E-state index in [1.165, 1.54) is 5.56 Å². The average Bonchev–Trinajstić information content (AvgIpc) is 2.03. The van der Waals surface area contributed by atoms with Crippen LogP contribution in [0.2, 0.25) is 0 Å². The molecular formula is C9H12BrN. The molecule has 0 amide bonds. The third-order valence-corrected chi connectivity index (χ3v) is 2.34. The molecule has 0 N–H and O–H groups in total. The fraction of sp³-hybridized carbons (Fsp3) is 0.444. The first kappa shape index (κ1) is 8.72. The summed E-state index contributed by atoms with van der Waals surface area (Å²) in [5.74, 6) is 0.611. The lowest BCUT2D eigenvalue weighted by Crippen LogP contribution is -1.91. The molecule has 0 spiro atoms. The molecule has 1 atom stereocenters. The lowest BCUT2D eigenvalue weighted by Gasteiger charge is -2.07. The fourth-order valence-corrected chi connectivity index (χ4v) is 1.32. The van der Waals surface area contributed by atoms with Crippen LogP contribution in [0.15, 0.2) is 22.9 Å². The van der Waals surface area contributed by atoms with Gasteiger partial charge in [-0.3, -0.25) is 4.98 Å². The normalized spacial score (nSPS) is 13.0. The number of hydrogen-bond acceptors (Lipinski definition) is 1. The van der Waals surface area contributed by atoms with E-state index in [9.17, 15) is 0 Å². The quantitative estimate of drug-likeness (QED) is 0.735. The molecule has 0 aliphatic heterocycles. The van der Waals surface area contributed by atoms with Crippen LogP contribution < -0.4 is 0 Å². The number of hydrogen-bond donors (Lipinski definition) is 0. The molecule has 2 heteroatoms. The van der Waals surface area contributed by atoms with E-state index in [0.29, 0.717) is 5.92 Å². The summed E-state index contributed by atoms with van der Waals surface area (Å²) < 4.78 is 1.07. The van der Waals surface area contributed by atoms with Crippen molar-refractivity contribution in [3.05, 3.63) is 28.5 Å². The summed E-state index contributed by atoms with van der Waals surface area (Å²) in [5.41, 5.74) is 1.31. The van der Waals surface area contributed by atoms with Crippen LogP contribution in [0.1, 0.15) is 31.7 Å². The predicted molar refractivity (Wildman–Crippen MR) is 50.6 cm³/mol. The molecule has 1 rings (SSSR count). The SMILES string of the molecule is CCC(C)c1cncc(Br)c1. The zero-order valence-electron chi connectivity index (χ0n) is 6.84. The van der Waals surface area contributed by atoms with Crippen molar-refractivity contribution in [2.45, 2.75) is 26.2 Å². The number of nitrogens with zero attached hydrogens (tertiary/aromatic N) is 1. The highest BCUT2D eigenvalue weighted by molar-refractivity contribution is 9.10. The van der Waals surface area contributed by atoms with Crippen LogP contribution in [0.25, 0.3) is 0 Å². The maximum Gasteiger partial charge on any atom is 0.0410 e. The Labute approximate surface area is 76.0 Å². The minimum Gasteiger partial charge on any atom is -0.263 e. The molecule has 1 unspecified atom stereocenters. The highest BCUT2D eigenvalue weighted by Crippen LogP contribution is 2.20. The van der Waals surface area contributed by atoms with Gasteiger partial charge in [0.2, 0.25) is 0 Å². The Bertz CT molecular complexity index is 235. The van der Waals surface area contributed by atoms with Crippen LogP contribution in [-0.4, -0.2) is 4.98 Å². The Morgan fingerprint density at radius 3 is 2.82 bits per heavy atom. The van der Waals surface area contributed by atoms with Gasteiger partial charge in [-0.25, -0.2) is 0 Å². The number of halogens is 1. The van der Waals surface area contributed by atoms with Crippen molar-refractivity contribution >= 4 is 15.9 Å². The van der Waals surface area contributed by atoms with Crippen molar-refractivity contribution in [3.63, 3.8) is 0 Å². The summed E-state index contributed by atoms with van der Waals surface area (Å²) in [6.07, 6.45) is 4.91. The van der Waals surface area contributed by atoms with Crippen molar-refractivity contribution in [2.75, 3.05) is 0 Å². The molecule has 1 aromatic rings. The van der Waals surface area contributed by atoms with Gasteiger partial charge in [0.15, 0.2) is 0 Å². The van der Waals surface area contributed by atoms with Gasteiger partial charge < -0.3 is 0 Å². The summed E-state index contributed by atoms with van der Waals surface area (Å²) in [7, 11) is 0. The third-order valence-electron chi connectivity index (χ3n) is 1.91. The van der Waals surface area contributed by atoms with E-state index in [0.717, 1.165) is 10.9 Å². The molecule has 1 nitrogen and oxygen atoms in total. The third kappa shape index (κ3) is 2.29. The van der Waals surface area contributed by atoms with Crippen LogP contribution in [0.5, 0.6) is 0 Å². The monoisotopic (exact) mass is 213 g/mol. The van der Waals surface area contributed by atoms with Gasteiger partial charge in [0.05, 0.1) is 0 Å². The molecule has 0 saturated heterocycles. The van der Waals surface area contributed by atoms with E-state index in [1.54, 1.807) is 0 Å². The van der Waals surface area contributed by atoms with Gasteiger partial charge in [-0.15, -0.1) is 0 Å². The topological polar surface area (TPSA) is 12.9 Å². The van der Waals surface area contributed by atoms with Gasteiger partial charge in [0.25, 0.3) is 0 Å². The Morgan fingerprint density at radius 2 is 2.27 bits per heavy atom. The second-order valence-electron chi connectivity index (χ2n) is 2.75. The molecule has 0 saturated carbocycles. The zero-order valence-corrected chi connectivity index (χ0v) is 8.43. The van der Waals surface area contributed by atoms with Crippen LogP contribution in [0.4, 0.5) is 0 Å². The van der Waals surface area contributed by atoms with Crippen molar-refractivity contribution < 1.29 is 0 Å². The van der Waals surface area contributed by atoms with E-state index in [2.05, 4.69) is 40.8 Å². The molecule has 60 valence electrons. The van der Waals surface area contributed by atoms with Crippen molar-refractivity contribution in [1.29, 1.82) is 0 Å². The Kier molecular flexibility index (Phi) is 3.06. The predicted octanol–water partition coefficient (Wildman–Crippen LogP) is 3.36. The number of pyridine rings is 1. The van der Waals surface area contributed by atoms with Crippen molar-refractivity contribution in [3.8, 4) is 0 Å². The first-order valence-electron chi connectivity index (χ1n) is 3.84. The molecule has 0 aliphatic rings. The number of rotatable bonds is 2. The van der Waals surface area contributed by atoms with Crippen LogP contribution in [-0.2, 0) is 0 Å². The van der Waals surface area contributed by atoms with Gasteiger partial charge in [-0.2, -0.15) is 0 Å². The summed E-state index contributed by atoms with van der Waals surface area (Å²) in [6.45, 7) is 4.40. The van der Waals surface area contributed by atoms with Gasteiger partial charge >= 0.3 is 0 Å². The van der Waals surface area contributed by atoms with Gasteiger partial charge in [-0.05, 0) is 39.9 Å². The maximum atomic E-state index is 4.11. The van der Waals surface area contributed by atoms with E-state index in [4.69, 9.17) is 0 Å². The largest absolute Gasteiger partial charge is 0.263 e. The Hall–Kier alpha value is -0.370. The molecule has 1 heterocycles. The van der Waals surface area contributed by atoms with Crippen molar-refractivity contribution in [2.24, 2.45) is 0 Å². The highest BCUT2D eigenvalue weighted by atomic mass is 79.9. The molecule has 1 aromatic heterocycles. The van der Waals surface area contributed by atoms with Gasteiger partial charge in [0.1, 0.15) is 0 Å². The van der Waals surface area contributed by atoms with Crippen molar-refractivity contribution in [1.82, 2.24) is 4.98 Å². The van der Waals surface area contributed by atoms with Gasteiger partial charge in [-0.1, -0.05) is 13.8 Å². The maximum absolute atomic E-state index is 4.11. The van der Waals surface area contributed by atoms with E-state index in [1.807, 2.05) is 12.4 Å². The minimum absolute atomic E-state index is 0.611. The Morgan fingerprint density at radius 1 is 1.55 bits per heavy atom. The van der Waals surface area contributed by atoms with E-state index >= 15 is 0 Å². The summed E-state index contributed by atoms with van der Waals surface area (Å²) in [5, 5.41) is 0. The second kappa shape index (κ2) is 3.86. The van der Waals surface area contributed by atoms with Crippen LogP contribution in [0, 0.1) is 0 Å². The molecule has 0 radical (unpaired) electrons. The first-order chi connectivity index (χ1) is 5.24. The molecule has 0 fully saturated rings. The molecule has 0 aromatic carbocycles. The summed E-state index contributed by atoms with van der Waals surface area (Å²) in [6, 6.07) is 2.13. The van der Waals surface area contributed by atoms with Crippen LogP contribution >= 0.6 is 15.9 Å². The van der Waals surface area contributed by atoms with Gasteiger partial charge in [0, 0.05) is 16.9 Å². The molecular weight excluding hydrogens is 202 g/mol. The fourth-order valence-electron chi connectivity index (χ4n) is 0.933. The molecule has 0 bridgehead atoms. The van der Waals surface area contributed by atoms with E-state index in [-0.39, 0.29) is 0 Å². The minimum atomic E-state index is 0.611. The number of aromatic nitrogens is 1.